The van der Waals surface area contributed by atoms with Crippen LogP contribution in [0.1, 0.15) is 29.4 Å². The molecule has 144 valence electrons. The van der Waals surface area contributed by atoms with Crippen LogP contribution in [-0.2, 0) is 10.0 Å². The van der Waals surface area contributed by atoms with Crippen LogP contribution in [0.25, 0.3) is 0 Å². The molecular formula is C17H21N5O4S. The molecule has 0 radical (unpaired) electrons. The number of carbonyl (C=O) groups is 1. The molecule has 1 saturated heterocycles. The Morgan fingerprint density at radius 1 is 1.33 bits per heavy atom. The molecule has 2 aromatic rings. The Balaban J connectivity index is 1.38. The zero-order chi connectivity index (χ0) is 19.0. The highest BCUT2D eigenvalue weighted by molar-refractivity contribution is 7.89. The van der Waals surface area contributed by atoms with E-state index in [1.807, 2.05) is 0 Å². The molecule has 2 fully saturated rings. The van der Waals surface area contributed by atoms with Crippen LogP contribution in [0.5, 0.6) is 5.75 Å². The van der Waals surface area contributed by atoms with Gasteiger partial charge in [0.05, 0.1) is 24.2 Å². The summed E-state index contributed by atoms with van der Waals surface area (Å²) in [6, 6.07) is 6.25. The predicted molar refractivity (Wildman–Crippen MR) is 95.9 cm³/mol. The Labute approximate surface area is 157 Å². The van der Waals surface area contributed by atoms with Crippen LogP contribution < -0.4 is 10.1 Å². The molecule has 10 heteroatoms. The zero-order valence-electron chi connectivity index (χ0n) is 14.9. The summed E-state index contributed by atoms with van der Waals surface area (Å²) < 4.78 is 33.4. The Bertz CT molecular complexity index is 948. The minimum atomic E-state index is -3.58. The molecule has 1 aliphatic carbocycles. The van der Waals surface area contributed by atoms with E-state index >= 15 is 0 Å². The van der Waals surface area contributed by atoms with Crippen molar-refractivity contribution < 1.29 is 17.9 Å². The highest BCUT2D eigenvalue weighted by atomic mass is 32.2. The van der Waals surface area contributed by atoms with E-state index in [9.17, 15) is 13.2 Å². The molecule has 0 spiro atoms. The average Bonchev–Trinajstić information content (AvgIpc) is 3.34. The average molecular weight is 391 g/mol. The fraction of sp³-hybridized carbons (Fsp3) is 0.471. The standard InChI is InChI=1S/C17H21N5O4S/c1-26-14-3-2-4-15(7-14)27(24,25)21-9-13(10-21)22-11-16(19-20-22)17(23)18-8-12-5-6-12/h2-4,7,11-13H,5-6,8-10H2,1H3,(H,18,23). The quantitative estimate of drug-likeness (QED) is 0.744. The van der Waals surface area contributed by atoms with Crippen LogP contribution in [0.3, 0.4) is 0 Å². The summed E-state index contributed by atoms with van der Waals surface area (Å²) in [5.41, 5.74) is 0.254. The lowest BCUT2D eigenvalue weighted by molar-refractivity contribution is 0.0946. The summed E-state index contributed by atoms with van der Waals surface area (Å²) in [6.45, 7) is 1.24. The first-order chi connectivity index (χ1) is 13.0. The highest BCUT2D eigenvalue weighted by Crippen LogP contribution is 2.29. The number of nitrogens with zero attached hydrogens (tertiary/aromatic N) is 4. The fourth-order valence-electron chi connectivity index (χ4n) is 2.90. The van der Waals surface area contributed by atoms with Gasteiger partial charge in [-0.15, -0.1) is 5.10 Å². The van der Waals surface area contributed by atoms with Gasteiger partial charge < -0.3 is 10.1 Å². The molecule has 2 heterocycles. The maximum atomic E-state index is 12.7. The van der Waals surface area contributed by atoms with E-state index in [2.05, 4.69) is 15.6 Å². The lowest BCUT2D eigenvalue weighted by Gasteiger charge is -2.37. The minimum absolute atomic E-state index is 0.136. The number of rotatable bonds is 7. The normalized spacial score (nSPS) is 18.1. The van der Waals surface area contributed by atoms with Gasteiger partial charge in [-0.25, -0.2) is 13.1 Å². The van der Waals surface area contributed by atoms with E-state index < -0.39 is 10.0 Å². The van der Waals surface area contributed by atoms with E-state index in [0.29, 0.717) is 18.2 Å². The van der Waals surface area contributed by atoms with E-state index in [1.54, 1.807) is 29.1 Å². The SMILES string of the molecule is COc1cccc(S(=O)(=O)N2CC(n3cc(C(=O)NCC4CC4)nn3)C2)c1. The zero-order valence-corrected chi connectivity index (χ0v) is 15.7. The van der Waals surface area contributed by atoms with E-state index in [0.717, 1.165) is 12.8 Å². The van der Waals surface area contributed by atoms with Gasteiger partial charge in [-0.2, -0.15) is 4.31 Å². The molecule has 1 aromatic carbocycles. The minimum Gasteiger partial charge on any atom is -0.497 e. The number of hydrogen-bond donors (Lipinski definition) is 1. The molecule has 1 saturated carbocycles. The maximum absolute atomic E-state index is 12.7. The van der Waals surface area contributed by atoms with Gasteiger partial charge in [0.1, 0.15) is 5.75 Å². The van der Waals surface area contributed by atoms with Gasteiger partial charge in [-0.1, -0.05) is 11.3 Å². The number of ether oxygens (including phenoxy) is 1. The van der Waals surface area contributed by atoms with Crippen molar-refractivity contribution in [2.24, 2.45) is 5.92 Å². The summed E-state index contributed by atoms with van der Waals surface area (Å²) in [4.78, 5) is 12.2. The third-order valence-electron chi connectivity index (χ3n) is 4.87. The Morgan fingerprint density at radius 3 is 2.81 bits per heavy atom. The molecule has 4 rings (SSSR count). The first kappa shape index (κ1) is 17.9. The molecule has 1 aliphatic heterocycles. The Kier molecular flexibility index (Phi) is 4.60. The fourth-order valence-corrected chi connectivity index (χ4v) is 4.45. The highest BCUT2D eigenvalue weighted by Gasteiger charge is 2.38. The monoisotopic (exact) mass is 391 g/mol. The Morgan fingerprint density at radius 2 is 2.11 bits per heavy atom. The van der Waals surface area contributed by atoms with E-state index in [4.69, 9.17) is 4.74 Å². The number of nitrogens with one attached hydrogen (secondary N) is 1. The molecule has 2 aliphatic rings. The number of amides is 1. The predicted octanol–water partition coefficient (Wildman–Crippen LogP) is 0.672. The van der Waals surface area contributed by atoms with Crippen LogP contribution in [0, 0.1) is 5.92 Å². The molecule has 0 unspecified atom stereocenters. The molecule has 1 aromatic heterocycles. The second kappa shape index (κ2) is 6.93. The Hall–Kier alpha value is -2.46. The maximum Gasteiger partial charge on any atom is 0.273 e. The molecule has 1 amide bonds. The second-order valence-electron chi connectivity index (χ2n) is 6.89. The third kappa shape index (κ3) is 3.67. The van der Waals surface area contributed by atoms with Gasteiger partial charge in [-0.05, 0) is 30.9 Å². The molecular weight excluding hydrogens is 370 g/mol. The smallest absolute Gasteiger partial charge is 0.273 e. The van der Waals surface area contributed by atoms with Crippen molar-refractivity contribution in [1.29, 1.82) is 0 Å². The lowest BCUT2D eigenvalue weighted by Crippen LogP contribution is -2.50. The summed E-state index contributed by atoms with van der Waals surface area (Å²) in [5, 5.41) is 10.7. The largest absolute Gasteiger partial charge is 0.497 e. The molecule has 1 N–H and O–H groups in total. The van der Waals surface area contributed by atoms with Crippen molar-refractivity contribution in [2.75, 3.05) is 26.7 Å². The molecule has 9 nitrogen and oxygen atoms in total. The summed E-state index contributed by atoms with van der Waals surface area (Å²) >= 11 is 0. The number of hydrogen-bond acceptors (Lipinski definition) is 6. The van der Waals surface area contributed by atoms with Crippen molar-refractivity contribution in [1.82, 2.24) is 24.6 Å². The molecule has 0 bridgehead atoms. The van der Waals surface area contributed by atoms with Gasteiger partial charge in [0, 0.05) is 25.7 Å². The van der Waals surface area contributed by atoms with Gasteiger partial charge in [-0.3, -0.25) is 4.79 Å². The van der Waals surface area contributed by atoms with Crippen molar-refractivity contribution in [3.05, 3.63) is 36.2 Å². The number of benzene rings is 1. The molecule has 0 atom stereocenters. The molecule has 27 heavy (non-hydrogen) atoms. The van der Waals surface area contributed by atoms with E-state index in [1.165, 1.54) is 17.5 Å². The lowest BCUT2D eigenvalue weighted by atomic mass is 10.2. The van der Waals surface area contributed by atoms with Gasteiger partial charge in [0.15, 0.2) is 5.69 Å². The first-order valence-electron chi connectivity index (χ1n) is 8.81. The summed E-state index contributed by atoms with van der Waals surface area (Å²) in [5.74, 6) is 0.839. The van der Waals surface area contributed by atoms with Crippen molar-refractivity contribution in [3.8, 4) is 5.75 Å². The van der Waals surface area contributed by atoms with E-state index in [-0.39, 0.29) is 35.6 Å². The van der Waals surface area contributed by atoms with Gasteiger partial charge in [0.2, 0.25) is 10.0 Å². The number of methoxy groups -OCH3 is 1. The van der Waals surface area contributed by atoms with Crippen LogP contribution in [-0.4, -0.2) is 60.4 Å². The van der Waals surface area contributed by atoms with Crippen LogP contribution >= 0.6 is 0 Å². The number of aromatic nitrogens is 3. The third-order valence-corrected chi connectivity index (χ3v) is 6.70. The van der Waals surface area contributed by atoms with Crippen molar-refractivity contribution in [2.45, 2.75) is 23.8 Å². The number of sulfonamides is 1. The van der Waals surface area contributed by atoms with Gasteiger partial charge in [0.25, 0.3) is 5.91 Å². The topological polar surface area (TPSA) is 106 Å². The van der Waals surface area contributed by atoms with Crippen LogP contribution in [0.2, 0.25) is 0 Å². The second-order valence-corrected chi connectivity index (χ2v) is 8.83. The van der Waals surface area contributed by atoms with Crippen LogP contribution in [0.4, 0.5) is 0 Å². The summed E-state index contributed by atoms with van der Waals surface area (Å²) in [7, 11) is -2.09. The van der Waals surface area contributed by atoms with Crippen molar-refractivity contribution >= 4 is 15.9 Å². The first-order valence-corrected chi connectivity index (χ1v) is 10.3. The summed E-state index contributed by atoms with van der Waals surface area (Å²) in [6.07, 6.45) is 3.89. The van der Waals surface area contributed by atoms with Gasteiger partial charge >= 0.3 is 0 Å². The van der Waals surface area contributed by atoms with Crippen molar-refractivity contribution in [3.63, 3.8) is 0 Å². The number of carbonyl (C=O) groups excluding carboxylic acids is 1. The van der Waals surface area contributed by atoms with Crippen LogP contribution in [0.15, 0.2) is 35.4 Å².